The smallest absolute Gasteiger partial charge is 0.266 e. The molecule has 1 saturated heterocycles. The van der Waals surface area contributed by atoms with Crippen LogP contribution in [-0.4, -0.2) is 29.9 Å². The summed E-state index contributed by atoms with van der Waals surface area (Å²) in [6, 6.07) is 13.9. The molecule has 3 aromatic rings. The highest BCUT2D eigenvalue weighted by Gasteiger charge is 2.29. The maximum absolute atomic E-state index is 13.6. The van der Waals surface area contributed by atoms with Crippen molar-refractivity contribution in [1.29, 1.82) is 5.26 Å². The van der Waals surface area contributed by atoms with Crippen molar-refractivity contribution in [3.8, 4) is 6.07 Å². The summed E-state index contributed by atoms with van der Waals surface area (Å²) >= 11 is 7.76. The van der Waals surface area contributed by atoms with E-state index in [0.717, 1.165) is 31.5 Å². The molecule has 148 valence electrons. The topological polar surface area (TPSA) is 56.1 Å². The lowest BCUT2D eigenvalue weighted by Gasteiger charge is -2.34. The first-order valence-electron chi connectivity index (χ1n) is 9.45. The quantitative estimate of drug-likeness (QED) is 0.640. The van der Waals surface area contributed by atoms with Gasteiger partial charge >= 0.3 is 0 Å². The zero-order valence-corrected chi connectivity index (χ0v) is 17.2. The van der Waals surface area contributed by atoms with Crippen LogP contribution >= 0.6 is 22.9 Å². The molecule has 1 aliphatic rings. The minimum Gasteiger partial charge on any atom is -0.330 e. The molecule has 1 amide bonds. The lowest BCUT2D eigenvalue weighted by molar-refractivity contribution is 0.0628. The summed E-state index contributed by atoms with van der Waals surface area (Å²) in [5, 5.41) is 13.4. The highest BCUT2D eigenvalue weighted by molar-refractivity contribution is 7.21. The molecule has 2 aromatic carbocycles. The number of fused-ring (bicyclic) bond motifs is 1. The summed E-state index contributed by atoms with van der Waals surface area (Å²) in [4.78, 5) is 15.8. The number of piperidine rings is 1. The Morgan fingerprint density at radius 1 is 1.24 bits per heavy atom. The van der Waals surface area contributed by atoms with Crippen molar-refractivity contribution in [2.75, 3.05) is 13.1 Å². The average molecular weight is 428 g/mol. The van der Waals surface area contributed by atoms with Crippen LogP contribution in [0.4, 0.5) is 4.39 Å². The Balaban J connectivity index is 1.69. The fourth-order valence-electron chi connectivity index (χ4n) is 3.67. The minimum atomic E-state index is -0.345. The summed E-state index contributed by atoms with van der Waals surface area (Å²) in [7, 11) is 0. The number of carbonyl (C=O) groups excluding carboxylic acids is 1. The molecule has 7 heteroatoms. The largest absolute Gasteiger partial charge is 0.330 e. The summed E-state index contributed by atoms with van der Waals surface area (Å²) in [5.41, 5.74) is 1.54. The monoisotopic (exact) mass is 427 g/mol. The lowest BCUT2D eigenvalue weighted by atomic mass is 10.0. The number of nitrogens with one attached hydrogen (secondary N) is 1. The summed E-state index contributed by atoms with van der Waals surface area (Å²) < 4.78 is 14.3. The average Bonchev–Trinajstić information content (AvgIpc) is 3.08. The molecule has 4 nitrogen and oxygen atoms in total. The third-order valence-corrected chi connectivity index (χ3v) is 6.88. The molecule has 1 aliphatic heterocycles. The predicted octanol–water partition coefficient (Wildman–Crippen LogP) is 4.96. The third-order valence-electron chi connectivity index (χ3n) is 5.23. The van der Waals surface area contributed by atoms with E-state index in [2.05, 4.69) is 11.4 Å². The molecular weight excluding hydrogens is 409 g/mol. The van der Waals surface area contributed by atoms with Gasteiger partial charge < -0.3 is 10.2 Å². The first kappa shape index (κ1) is 19.8. The van der Waals surface area contributed by atoms with E-state index in [1.54, 1.807) is 18.2 Å². The van der Waals surface area contributed by atoms with Gasteiger partial charge in [0.25, 0.3) is 5.91 Å². The first-order chi connectivity index (χ1) is 14.1. The molecule has 0 saturated carbocycles. The van der Waals surface area contributed by atoms with Crippen molar-refractivity contribution in [1.82, 2.24) is 10.2 Å². The third kappa shape index (κ3) is 4.13. The number of nitrogens with zero attached hydrogens (tertiary/aromatic N) is 2. The summed E-state index contributed by atoms with van der Waals surface area (Å²) in [5.74, 6) is -0.477. The summed E-state index contributed by atoms with van der Waals surface area (Å²) in [6.45, 7) is 2.15. The number of hydrogen-bond donors (Lipinski definition) is 1. The van der Waals surface area contributed by atoms with Crippen molar-refractivity contribution < 1.29 is 9.18 Å². The Morgan fingerprint density at radius 2 is 1.97 bits per heavy atom. The SMILES string of the molecule is N#Cc1ccc(CN(C(=O)c2sc3cc(F)ccc3c2Cl)C2CCNCC2)cc1. The van der Waals surface area contributed by atoms with Gasteiger partial charge in [0.1, 0.15) is 10.7 Å². The van der Waals surface area contributed by atoms with Crippen LogP contribution in [0, 0.1) is 17.1 Å². The number of rotatable bonds is 4. The zero-order valence-electron chi connectivity index (χ0n) is 15.6. The van der Waals surface area contributed by atoms with Gasteiger partial charge in [-0.25, -0.2) is 4.39 Å². The molecule has 0 radical (unpaired) electrons. The lowest BCUT2D eigenvalue weighted by Crippen LogP contribution is -2.45. The molecule has 29 heavy (non-hydrogen) atoms. The molecule has 1 N–H and O–H groups in total. The Morgan fingerprint density at radius 3 is 2.66 bits per heavy atom. The van der Waals surface area contributed by atoms with E-state index in [9.17, 15) is 9.18 Å². The van der Waals surface area contributed by atoms with Crippen molar-refractivity contribution in [3.05, 3.63) is 69.3 Å². The number of thiophene rings is 1. The number of carbonyl (C=O) groups is 1. The minimum absolute atomic E-state index is 0.0948. The highest BCUT2D eigenvalue weighted by Crippen LogP contribution is 2.37. The standard InChI is InChI=1S/C22H19ClFN3OS/c23-20-18-6-5-16(24)11-19(18)29-21(20)22(28)27(17-7-9-26-10-8-17)13-15-3-1-14(12-25)2-4-15/h1-6,11,17,26H,7-10,13H2. The first-order valence-corrected chi connectivity index (χ1v) is 10.6. The van der Waals surface area contributed by atoms with E-state index in [-0.39, 0.29) is 17.8 Å². The molecule has 0 unspecified atom stereocenters. The van der Waals surface area contributed by atoms with E-state index in [4.69, 9.17) is 16.9 Å². The Bertz CT molecular complexity index is 1080. The Hall–Kier alpha value is -2.46. The van der Waals surface area contributed by atoms with Gasteiger partial charge in [-0.2, -0.15) is 5.26 Å². The molecule has 1 fully saturated rings. The maximum Gasteiger partial charge on any atom is 0.266 e. The van der Waals surface area contributed by atoms with Crippen molar-refractivity contribution in [2.24, 2.45) is 0 Å². The fraction of sp³-hybridized carbons (Fsp3) is 0.273. The van der Waals surface area contributed by atoms with Gasteiger partial charge in [0.15, 0.2) is 0 Å². The molecule has 0 spiro atoms. The molecule has 0 aliphatic carbocycles. The van der Waals surface area contributed by atoms with Crippen LogP contribution < -0.4 is 5.32 Å². The number of benzene rings is 2. The number of halogens is 2. The van der Waals surface area contributed by atoms with E-state index < -0.39 is 0 Å². The second-order valence-electron chi connectivity index (χ2n) is 7.11. The Kier molecular flexibility index (Phi) is 5.81. The molecular formula is C22H19ClFN3OS. The van der Waals surface area contributed by atoms with Crippen LogP contribution in [0.15, 0.2) is 42.5 Å². The van der Waals surface area contributed by atoms with Gasteiger partial charge in [-0.3, -0.25) is 4.79 Å². The summed E-state index contributed by atoms with van der Waals surface area (Å²) in [6.07, 6.45) is 1.72. The Labute approximate surface area is 177 Å². The fourth-order valence-corrected chi connectivity index (χ4v) is 5.17. The molecule has 4 rings (SSSR count). The van der Waals surface area contributed by atoms with E-state index in [1.807, 2.05) is 17.0 Å². The number of nitriles is 1. The van der Waals surface area contributed by atoms with Gasteiger partial charge in [0, 0.05) is 22.7 Å². The van der Waals surface area contributed by atoms with Crippen LogP contribution in [-0.2, 0) is 6.54 Å². The van der Waals surface area contributed by atoms with Crippen molar-refractivity contribution in [2.45, 2.75) is 25.4 Å². The highest BCUT2D eigenvalue weighted by atomic mass is 35.5. The number of amides is 1. The molecule has 0 bridgehead atoms. The van der Waals surface area contributed by atoms with E-state index in [0.29, 0.717) is 32.1 Å². The van der Waals surface area contributed by atoms with Gasteiger partial charge in [-0.05, 0) is 61.8 Å². The zero-order chi connectivity index (χ0) is 20.4. The van der Waals surface area contributed by atoms with Gasteiger partial charge in [0.2, 0.25) is 0 Å². The van der Waals surface area contributed by atoms with Crippen LogP contribution in [0.3, 0.4) is 0 Å². The molecule has 2 heterocycles. The van der Waals surface area contributed by atoms with Crippen LogP contribution in [0.2, 0.25) is 5.02 Å². The molecule has 0 atom stereocenters. The van der Waals surface area contributed by atoms with Crippen molar-refractivity contribution >= 4 is 38.9 Å². The van der Waals surface area contributed by atoms with Crippen LogP contribution in [0.25, 0.3) is 10.1 Å². The van der Waals surface area contributed by atoms with Crippen LogP contribution in [0.5, 0.6) is 0 Å². The normalized spacial score (nSPS) is 14.7. The predicted molar refractivity (Wildman–Crippen MR) is 114 cm³/mol. The van der Waals surface area contributed by atoms with Gasteiger partial charge in [0.05, 0.1) is 16.7 Å². The van der Waals surface area contributed by atoms with Gasteiger partial charge in [-0.15, -0.1) is 11.3 Å². The van der Waals surface area contributed by atoms with Gasteiger partial charge in [-0.1, -0.05) is 23.7 Å². The van der Waals surface area contributed by atoms with E-state index >= 15 is 0 Å². The maximum atomic E-state index is 13.6. The second-order valence-corrected chi connectivity index (χ2v) is 8.54. The number of hydrogen-bond acceptors (Lipinski definition) is 4. The molecule has 1 aromatic heterocycles. The van der Waals surface area contributed by atoms with Crippen molar-refractivity contribution in [3.63, 3.8) is 0 Å². The second kappa shape index (κ2) is 8.50. The van der Waals surface area contributed by atoms with Crippen LogP contribution in [0.1, 0.15) is 33.6 Å². The van der Waals surface area contributed by atoms with E-state index in [1.165, 1.54) is 23.5 Å².